The molecule has 3 rings (SSSR count). The minimum Gasteiger partial charge on any atom is -0.493 e. The minimum atomic E-state index is -0.0277. The van der Waals surface area contributed by atoms with Crippen LogP contribution >= 0.6 is 24.0 Å². The predicted octanol–water partition coefficient (Wildman–Crippen LogP) is 3.31. The number of nitrogens with zero attached hydrogens (tertiary/aromatic N) is 3. The summed E-state index contributed by atoms with van der Waals surface area (Å²) < 4.78 is 11.4. The van der Waals surface area contributed by atoms with Gasteiger partial charge < -0.3 is 20.1 Å². The molecule has 1 saturated heterocycles. The summed E-state index contributed by atoms with van der Waals surface area (Å²) in [5.74, 6) is 2.30. The summed E-state index contributed by atoms with van der Waals surface area (Å²) in [6.07, 6.45) is 4.00. The fourth-order valence-electron chi connectivity index (χ4n) is 3.56. The molecule has 1 aliphatic rings. The van der Waals surface area contributed by atoms with Gasteiger partial charge in [0.05, 0.1) is 19.3 Å². The summed E-state index contributed by atoms with van der Waals surface area (Å²) in [4.78, 5) is 11.3. The van der Waals surface area contributed by atoms with E-state index in [1.807, 2.05) is 49.5 Å². The summed E-state index contributed by atoms with van der Waals surface area (Å²) in [7, 11) is 3.45. The van der Waals surface area contributed by atoms with E-state index in [9.17, 15) is 0 Å². The number of methoxy groups -OCH3 is 1. The van der Waals surface area contributed by atoms with Crippen molar-refractivity contribution in [3.8, 4) is 11.5 Å². The second-order valence-corrected chi connectivity index (χ2v) is 7.55. The van der Waals surface area contributed by atoms with Gasteiger partial charge in [-0.05, 0) is 44.0 Å². The van der Waals surface area contributed by atoms with E-state index in [2.05, 4.69) is 31.6 Å². The Morgan fingerprint density at radius 1 is 1.16 bits per heavy atom. The van der Waals surface area contributed by atoms with Crippen molar-refractivity contribution in [1.29, 1.82) is 0 Å². The molecule has 1 aromatic carbocycles. The average molecular weight is 539 g/mol. The fourth-order valence-corrected chi connectivity index (χ4v) is 3.56. The number of nitrogens with one attached hydrogen (secondary N) is 2. The van der Waals surface area contributed by atoms with Crippen LogP contribution in [-0.2, 0) is 6.54 Å². The molecule has 1 aliphatic heterocycles. The largest absolute Gasteiger partial charge is 0.493 e. The fraction of sp³-hybridized carbons (Fsp3) is 0.478. The van der Waals surface area contributed by atoms with Crippen molar-refractivity contribution in [3.63, 3.8) is 0 Å². The second kappa shape index (κ2) is 13.4. The summed E-state index contributed by atoms with van der Waals surface area (Å²) in [6, 6.07) is 14.2. The Morgan fingerprint density at radius 3 is 2.52 bits per heavy atom. The molecule has 1 fully saturated rings. The summed E-state index contributed by atoms with van der Waals surface area (Å²) >= 11 is 0. The maximum Gasteiger partial charge on any atom is 0.191 e. The molecule has 1 aromatic heterocycles. The number of pyridine rings is 1. The number of para-hydroxylation sites is 2. The third kappa shape index (κ3) is 8.17. The van der Waals surface area contributed by atoms with Crippen molar-refractivity contribution in [3.05, 3.63) is 54.4 Å². The van der Waals surface area contributed by atoms with Crippen molar-refractivity contribution in [2.45, 2.75) is 38.5 Å². The average Bonchev–Trinajstić information content (AvgIpc) is 2.79. The van der Waals surface area contributed by atoms with Crippen LogP contribution in [0, 0.1) is 0 Å². The van der Waals surface area contributed by atoms with Crippen molar-refractivity contribution in [2.24, 2.45) is 4.99 Å². The quantitative estimate of drug-likeness (QED) is 0.305. The Labute approximate surface area is 202 Å². The van der Waals surface area contributed by atoms with Crippen LogP contribution in [0.5, 0.6) is 11.5 Å². The zero-order chi connectivity index (χ0) is 21.2. The lowest BCUT2D eigenvalue weighted by Crippen LogP contribution is -2.49. The molecule has 2 N–H and O–H groups in total. The first-order chi connectivity index (χ1) is 14.7. The molecule has 8 heteroatoms. The first-order valence-corrected chi connectivity index (χ1v) is 10.6. The van der Waals surface area contributed by atoms with Gasteiger partial charge in [-0.2, -0.15) is 0 Å². The maximum absolute atomic E-state index is 6.01. The number of rotatable bonds is 8. The molecule has 2 heterocycles. The molecule has 0 amide bonds. The summed E-state index contributed by atoms with van der Waals surface area (Å²) in [6.45, 7) is 5.70. The van der Waals surface area contributed by atoms with Crippen LogP contribution in [0.1, 0.15) is 25.5 Å². The number of benzene rings is 1. The summed E-state index contributed by atoms with van der Waals surface area (Å²) in [5, 5.41) is 6.92. The highest BCUT2D eigenvalue weighted by molar-refractivity contribution is 14.0. The number of ether oxygens (including phenoxy) is 2. The molecule has 0 spiro atoms. The molecule has 0 saturated carbocycles. The molecule has 31 heavy (non-hydrogen) atoms. The number of halogens is 1. The van der Waals surface area contributed by atoms with Gasteiger partial charge in [-0.3, -0.25) is 14.9 Å². The maximum atomic E-state index is 6.01. The normalized spacial score (nSPS) is 16.2. The zero-order valence-electron chi connectivity index (χ0n) is 18.6. The van der Waals surface area contributed by atoms with Gasteiger partial charge in [-0.1, -0.05) is 18.2 Å². The number of aromatic nitrogens is 1. The molecule has 7 nitrogen and oxygen atoms in total. The van der Waals surface area contributed by atoms with E-state index >= 15 is 0 Å². The lowest BCUT2D eigenvalue weighted by Gasteiger charge is -2.33. The van der Waals surface area contributed by atoms with Gasteiger partial charge in [0.1, 0.15) is 6.10 Å². The van der Waals surface area contributed by atoms with Gasteiger partial charge in [0.25, 0.3) is 0 Å². The second-order valence-electron chi connectivity index (χ2n) is 7.55. The minimum absolute atomic E-state index is 0. The summed E-state index contributed by atoms with van der Waals surface area (Å²) in [5.41, 5.74) is 1.13. The monoisotopic (exact) mass is 539 g/mol. The van der Waals surface area contributed by atoms with Crippen LogP contribution in [0.25, 0.3) is 0 Å². The van der Waals surface area contributed by atoms with Gasteiger partial charge in [0.2, 0.25) is 0 Å². The van der Waals surface area contributed by atoms with Crippen LogP contribution in [0.15, 0.2) is 53.7 Å². The number of hydrogen-bond donors (Lipinski definition) is 2. The smallest absolute Gasteiger partial charge is 0.191 e. The zero-order valence-corrected chi connectivity index (χ0v) is 20.9. The third-order valence-electron chi connectivity index (χ3n) is 5.22. The van der Waals surface area contributed by atoms with Crippen LogP contribution in [0.2, 0.25) is 0 Å². The molecule has 2 aromatic rings. The van der Waals surface area contributed by atoms with E-state index in [1.54, 1.807) is 14.2 Å². The molecular weight excluding hydrogens is 505 g/mol. The van der Waals surface area contributed by atoms with Gasteiger partial charge >= 0.3 is 0 Å². The highest BCUT2D eigenvalue weighted by Crippen LogP contribution is 2.26. The Hall–Kier alpha value is -2.07. The van der Waals surface area contributed by atoms with E-state index in [-0.39, 0.29) is 30.1 Å². The van der Waals surface area contributed by atoms with E-state index < -0.39 is 0 Å². The van der Waals surface area contributed by atoms with Crippen LogP contribution < -0.4 is 20.1 Å². The van der Waals surface area contributed by atoms with E-state index in [0.717, 1.165) is 55.6 Å². The van der Waals surface area contributed by atoms with Gasteiger partial charge in [-0.25, -0.2) is 0 Å². The number of guanidine groups is 1. The first-order valence-electron chi connectivity index (χ1n) is 10.6. The van der Waals surface area contributed by atoms with E-state index in [4.69, 9.17) is 9.47 Å². The van der Waals surface area contributed by atoms with E-state index in [1.165, 1.54) is 0 Å². The topological polar surface area (TPSA) is 71.0 Å². The van der Waals surface area contributed by atoms with Crippen molar-refractivity contribution >= 4 is 29.9 Å². The van der Waals surface area contributed by atoms with Crippen molar-refractivity contribution < 1.29 is 9.47 Å². The van der Waals surface area contributed by atoms with Crippen LogP contribution in [0.4, 0.5) is 0 Å². The van der Waals surface area contributed by atoms with Crippen molar-refractivity contribution in [2.75, 3.05) is 33.8 Å². The number of aliphatic imine (C=N–C) groups is 1. The lowest BCUT2D eigenvalue weighted by atomic mass is 10.0. The Kier molecular flexibility index (Phi) is 10.9. The standard InChI is InChI=1S/C23H33N5O2.HI/c1-18(30-22-10-5-4-9-21(22)29-3)16-26-23(24-2)27-19-11-14-28(15-12-19)17-20-8-6-7-13-25-20;/h4-10,13,18-19H,11-12,14-17H2,1-3H3,(H2,24,26,27);1H. The molecular formula is C23H34IN5O2. The number of likely N-dealkylation sites (tertiary alicyclic amines) is 1. The Balaban J connectivity index is 0.00000341. The van der Waals surface area contributed by atoms with Gasteiger partial charge in [0, 0.05) is 38.9 Å². The predicted molar refractivity (Wildman–Crippen MR) is 136 cm³/mol. The van der Waals surface area contributed by atoms with Gasteiger partial charge in [-0.15, -0.1) is 24.0 Å². The Morgan fingerprint density at radius 2 is 1.87 bits per heavy atom. The molecule has 0 radical (unpaired) electrons. The molecule has 1 atom stereocenters. The SMILES string of the molecule is CN=C(NCC(C)Oc1ccccc1OC)NC1CCN(Cc2ccccn2)CC1.I. The van der Waals surface area contributed by atoms with Crippen LogP contribution in [-0.4, -0.2) is 61.8 Å². The van der Waals surface area contributed by atoms with Crippen molar-refractivity contribution in [1.82, 2.24) is 20.5 Å². The highest BCUT2D eigenvalue weighted by atomic mass is 127. The van der Waals surface area contributed by atoms with Crippen LogP contribution in [0.3, 0.4) is 0 Å². The van der Waals surface area contributed by atoms with E-state index in [0.29, 0.717) is 12.6 Å². The number of hydrogen-bond acceptors (Lipinski definition) is 5. The highest BCUT2D eigenvalue weighted by Gasteiger charge is 2.20. The molecule has 0 aliphatic carbocycles. The molecule has 170 valence electrons. The molecule has 1 unspecified atom stereocenters. The lowest BCUT2D eigenvalue weighted by molar-refractivity contribution is 0.195. The number of piperidine rings is 1. The van der Waals surface area contributed by atoms with Gasteiger partial charge in [0.15, 0.2) is 17.5 Å². The Bertz CT molecular complexity index is 798. The third-order valence-corrected chi connectivity index (χ3v) is 5.22. The molecule has 0 bridgehead atoms. The first kappa shape index (κ1) is 25.2.